The first-order valence-electron chi connectivity index (χ1n) is 9.95. The molecule has 0 aliphatic carbocycles. The third kappa shape index (κ3) is 4.17. The lowest BCUT2D eigenvalue weighted by Gasteiger charge is -2.22. The fraction of sp³-hybridized carbons (Fsp3) is 0.304. The highest BCUT2D eigenvalue weighted by atomic mass is 16.2. The number of pyridine rings is 1. The summed E-state index contributed by atoms with van der Waals surface area (Å²) in [6.07, 6.45) is 5.27. The number of nitrogens with one attached hydrogen (secondary N) is 2. The summed E-state index contributed by atoms with van der Waals surface area (Å²) in [6, 6.07) is 12.3. The Labute approximate surface area is 171 Å². The second kappa shape index (κ2) is 8.09. The fourth-order valence-corrected chi connectivity index (χ4v) is 3.64. The molecule has 1 unspecified atom stereocenters. The minimum absolute atomic E-state index is 0.0404. The summed E-state index contributed by atoms with van der Waals surface area (Å²) in [4.78, 5) is 24.7. The molecule has 1 aliphatic heterocycles. The van der Waals surface area contributed by atoms with Crippen LogP contribution in [0.4, 0.5) is 5.82 Å². The Morgan fingerprint density at radius 2 is 2.14 bits per heavy atom. The third-order valence-corrected chi connectivity index (χ3v) is 5.56. The number of nitrogens with zero attached hydrogens (tertiary/aromatic N) is 3. The van der Waals surface area contributed by atoms with Crippen molar-refractivity contribution in [1.29, 1.82) is 0 Å². The maximum Gasteiger partial charge on any atom is 0.246 e. The van der Waals surface area contributed by atoms with Crippen molar-refractivity contribution < 1.29 is 4.79 Å². The van der Waals surface area contributed by atoms with E-state index in [0.717, 1.165) is 53.2 Å². The predicted molar refractivity (Wildman–Crippen MR) is 118 cm³/mol. The average molecular weight is 390 g/mol. The van der Waals surface area contributed by atoms with Gasteiger partial charge in [-0.1, -0.05) is 18.2 Å². The van der Waals surface area contributed by atoms with Crippen LogP contribution in [0.3, 0.4) is 0 Å². The van der Waals surface area contributed by atoms with Crippen LogP contribution >= 0.6 is 0 Å². The van der Waals surface area contributed by atoms with Crippen molar-refractivity contribution >= 4 is 28.7 Å². The molecular formula is C23H27N5O. The van der Waals surface area contributed by atoms with Gasteiger partial charge in [0.2, 0.25) is 5.91 Å². The first-order chi connectivity index (χ1) is 14.0. The van der Waals surface area contributed by atoms with E-state index in [-0.39, 0.29) is 11.9 Å². The van der Waals surface area contributed by atoms with Gasteiger partial charge in [0, 0.05) is 55.7 Å². The smallest absolute Gasteiger partial charge is 0.246 e. The predicted octanol–water partition coefficient (Wildman–Crippen LogP) is 3.65. The van der Waals surface area contributed by atoms with Gasteiger partial charge >= 0.3 is 0 Å². The molecule has 0 radical (unpaired) electrons. The van der Waals surface area contributed by atoms with Crippen LogP contribution in [-0.4, -0.2) is 52.9 Å². The van der Waals surface area contributed by atoms with Crippen molar-refractivity contribution in [2.24, 2.45) is 0 Å². The number of amides is 1. The van der Waals surface area contributed by atoms with Crippen LogP contribution in [0.5, 0.6) is 0 Å². The van der Waals surface area contributed by atoms with E-state index in [1.807, 2.05) is 44.4 Å². The number of carbonyl (C=O) groups is 1. The molecule has 150 valence electrons. The first-order valence-corrected chi connectivity index (χ1v) is 9.95. The molecule has 2 aromatic heterocycles. The highest BCUT2D eigenvalue weighted by Gasteiger charge is 2.17. The summed E-state index contributed by atoms with van der Waals surface area (Å²) in [5.74, 6) is 0.892. The van der Waals surface area contributed by atoms with Crippen LogP contribution in [0.1, 0.15) is 29.8 Å². The number of fused-ring (bicyclic) bond motifs is 2. The highest BCUT2D eigenvalue weighted by Crippen LogP contribution is 2.24. The number of aromatic nitrogens is 2. The number of rotatable bonds is 4. The van der Waals surface area contributed by atoms with Crippen molar-refractivity contribution in [1.82, 2.24) is 19.8 Å². The molecule has 3 aromatic rings. The standard InChI is InChI=1S/C23H27N5O/c1-16(21-13-18-6-4-5-7-20(18)26-21)28(3)22(29)9-8-17-12-19-15-27(2)11-10-24-23(19)25-14-17/h4-9,12-14,16,26H,10-11,15H2,1-3H3,(H,24,25). The first kappa shape index (κ1) is 19.2. The van der Waals surface area contributed by atoms with Crippen LogP contribution < -0.4 is 5.32 Å². The van der Waals surface area contributed by atoms with Crippen LogP contribution in [-0.2, 0) is 11.3 Å². The Hall–Kier alpha value is -3.12. The molecule has 1 amide bonds. The van der Waals surface area contributed by atoms with Gasteiger partial charge in [-0.25, -0.2) is 4.98 Å². The number of benzene rings is 1. The van der Waals surface area contributed by atoms with Crippen molar-refractivity contribution in [3.05, 3.63) is 65.5 Å². The fourth-order valence-electron chi connectivity index (χ4n) is 3.64. The summed E-state index contributed by atoms with van der Waals surface area (Å²) < 4.78 is 0. The monoisotopic (exact) mass is 389 g/mol. The topological polar surface area (TPSA) is 64.3 Å². The van der Waals surface area contributed by atoms with Gasteiger partial charge in [0.15, 0.2) is 0 Å². The number of aromatic amines is 1. The number of hydrogen-bond donors (Lipinski definition) is 2. The normalized spacial score (nSPS) is 15.7. The van der Waals surface area contributed by atoms with Gasteiger partial charge in [-0.05, 0) is 49.2 Å². The number of hydrogen-bond acceptors (Lipinski definition) is 4. The number of para-hydroxylation sites is 1. The Bertz CT molecular complexity index is 1020. The molecule has 3 heterocycles. The van der Waals surface area contributed by atoms with Crippen molar-refractivity contribution in [2.45, 2.75) is 19.5 Å². The maximum absolute atomic E-state index is 12.7. The number of carbonyl (C=O) groups excluding carboxylic acids is 1. The molecule has 0 spiro atoms. The van der Waals surface area contributed by atoms with Crippen LogP contribution in [0, 0.1) is 0 Å². The summed E-state index contributed by atoms with van der Waals surface area (Å²) in [7, 11) is 3.93. The molecular weight excluding hydrogens is 362 g/mol. The van der Waals surface area contributed by atoms with E-state index < -0.39 is 0 Å². The molecule has 1 aromatic carbocycles. The van der Waals surface area contributed by atoms with Gasteiger partial charge in [-0.3, -0.25) is 4.79 Å². The van der Waals surface area contributed by atoms with E-state index in [9.17, 15) is 4.79 Å². The molecule has 0 bridgehead atoms. The van der Waals surface area contributed by atoms with Crippen LogP contribution in [0.25, 0.3) is 17.0 Å². The minimum Gasteiger partial charge on any atom is -0.369 e. The number of anilines is 1. The highest BCUT2D eigenvalue weighted by molar-refractivity contribution is 5.92. The molecule has 2 N–H and O–H groups in total. The zero-order valence-corrected chi connectivity index (χ0v) is 17.1. The second-order valence-corrected chi connectivity index (χ2v) is 7.71. The van der Waals surface area contributed by atoms with Gasteiger partial charge in [0.05, 0.1) is 6.04 Å². The van der Waals surface area contributed by atoms with Gasteiger partial charge in [-0.2, -0.15) is 0 Å². The van der Waals surface area contributed by atoms with E-state index in [1.54, 1.807) is 11.0 Å². The lowest BCUT2D eigenvalue weighted by atomic mass is 10.1. The molecule has 0 saturated heterocycles. The Morgan fingerprint density at radius 3 is 2.97 bits per heavy atom. The van der Waals surface area contributed by atoms with Crippen molar-refractivity contribution in [2.75, 3.05) is 32.5 Å². The van der Waals surface area contributed by atoms with Gasteiger partial charge in [0.25, 0.3) is 0 Å². The Kier molecular flexibility index (Phi) is 5.36. The molecule has 0 fully saturated rings. The number of likely N-dealkylation sites (N-methyl/N-ethyl adjacent to an activating group) is 2. The van der Waals surface area contributed by atoms with Gasteiger partial charge in [-0.15, -0.1) is 0 Å². The molecule has 1 aliphatic rings. The molecule has 4 rings (SSSR count). The lowest BCUT2D eigenvalue weighted by molar-refractivity contribution is -0.126. The molecule has 0 saturated carbocycles. The van der Waals surface area contributed by atoms with Crippen molar-refractivity contribution in [3.8, 4) is 0 Å². The van der Waals surface area contributed by atoms with Gasteiger partial charge in [0.1, 0.15) is 5.82 Å². The zero-order valence-electron chi connectivity index (χ0n) is 17.1. The molecule has 1 atom stereocenters. The van der Waals surface area contributed by atoms with Crippen LogP contribution in [0.15, 0.2) is 48.7 Å². The van der Waals surface area contributed by atoms with E-state index in [2.05, 4.69) is 45.4 Å². The minimum atomic E-state index is -0.0532. The summed E-state index contributed by atoms with van der Waals surface area (Å²) >= 11 is 0. The van der Waals surface area contributed by atoms with Gasteiger partial charge < -0.3 is 20.1 Å². The van der Waals surface area contributed by atoms with E-state index in [4.69, 9.17) is 0 Å². The quantitative estimate of drug-likeness (QED) is 0.669. The SMILES string of the molecule is CC(c1cc2ccccc2[nH]1)N(C)C(=O)C=Cc1cnc2c(c1)CN(C)CCN2. The third-order valence-electron chi connectivity index (χ3n) is 5.56. The summed E-state index contributed by atoms with van der Waals surface area (Å²) in [6.45, 7) is 4.75. The molecule has 6 heteroatoms. The van der Waals surface area contributed by atoms with Crippen LogP contribution in [0.2, 0.25) is 0 Å². The second-order valence-electron chi connectivity index (χ2n) is 7.71. The van der Waals surface area contributed by atoms with E-state index >= 15 is 0 Å². The molecule has 29 heavy (non-hydrogen) atoms. The average Bonchev–Trinajstić information content (AvgIpc) is 3.07. The van der Waals surface area contributed by atoms with Crippen molar-refractivity contribution in [3.63, 3.8) is 0 Å². The van der Waals surface area contributed by atoms with E-state index in [1.165, 1.54) is 0 Å². The lowest BCUT2D eigenvalue weighted by Crippen LogP contribution is -2.28. The Morgan fingerprint density at radius 1 is 1.31 bits per heavy atom. The van der Waals surface area contributed by atoms with E-state index in [0.29, 0.717) is 0 Å². The Balaban J connectivity index is 1.47. The summed E-state index contributed by atoms with van der Waals surface area (Å²) in [5.41, 5.74) is 4.19. The number of H-pyrrole nitrogens is 1. The largest absolute Gasteiger partial charge is 0.369 e. The summed E-state index contributed by atoms with van der Waals surface area (Å²) in [5, 5.41) is 4.51. The maximum atomic E-state index is 12.7. The molecule has 6 nitrogen and oxygen atoms in total. The zero-order chi connectivity index (χ0) is 20.4.